The van der Waals surface area contributed by atoms with Crippen molar-refractivity contribution in [1.29, 1.82) is 0 Å². The molecule has 84 valence electrons. The molecule has 1 aromatic rings. The van der Waals surface area contributed by atoms with E-state index in [1.54, 1.807) is 11.8 Å². The van der Waals surface area contributed by atoms with Gasteiger partial charge in [0.25, 0.3) is 0 Å². The van der Waals surface area contributed by atoms with Crippen molar-refractivity contribution in [3.8, 4) is 0 Å². The third-order valence-corrected chi connectivity index (χ3v) is 4.02. The molecule has 2 nitrogen and oxygen atoms in total. The zero-order valence-corrected chi connectivity index (χ0v) is 11.2. The Morgan fingerprint density at radius 3 is 2.87 bits per heavy atom. The minimum absolute atomic E-state index is 0.266. The minimum atomic E-state index is 0.266. The highest BCUT2D eigenvalue weighted by atomic mass is 79.9. The Hall–Kier alpha value is -0.0300. The summed E-state index contributed by atoms with van der Waals surface area (Å²) in [6.45, 7) is 1.16. The minimum Gasteiger partial charge on any atom is -0.396 e. The molecule has 0 unspecified atom stereocenters. The summed E-state index contributed by atoms with van der Waals surface area (Å²) in [5.74, 6) is 0.959. The van der Waals surface area contributed by atoms with Crippen molar-refractivity contribution in [3.63, 3.8) is 0 Å². The van der Waals surface area contributed by atoms with Crippen LogP contribution in [0.5, 0.6) is 0 Å². The van der Waals surface area contributed by atoms with Crippen LogP contribution < -0.4 is 5.32 Å². The molecule has 4 heteroatoms. The van der Waals surface area contributed by atoms with Gasteiger partial charge in [-0.25, -0.2) is 0 Å². The van der Waals surface area contributed by atoms with Crippen LogP contribution in [-0.2, 0) is 6.54 Å². The van der Waals surface area contributed by atoms with Gasteiger partial charge in [-0.15, -0.1) is 11.8 Å². The van der Waals surface area contributed by atoms with Gasteiger partial charge >= 0.3 is 0 Å². The summed E-state index contributed by atoms with van der Waals surface area (Å²) in [5.41, 5.74) is 1.27. The highest BCUT2D eigenvalue weighted by Crippen LogP contribution is 2.28. The number of aliphatic hydroxyl groups excluding tert-OH is 1. The van der Waals surface area contributed by atoms with E-state index in [0.29, 0.717) is 0 Å². The molecule has 0 saturated carbocycles. The molecule has 1 rings (SSSR count). The standard InChI is InChI=1S/C11H16BrNOS/c1-13-8-9-3-4-11(10(12)7-9)15-6-2-5-14/h3-4,7,13-14H,2,5-6,8H2,1H3. The highest BCUT2D eigenvalue weighted by Gasteiger charge is 2.01. The number of thioether (sulfide) groups is 1. The van der Waals surface area contributed by atoms with E-state index >= 15 is 0 Å². The molecule has 0 aliphatic heterocycles. The van der Waals surface area contributed by atoms with E-state index in [1.807, 2.05) is 7.05 Å². The number of benzene rings is 1. The summed E-state index contributed by atoms with van der Waals surface area (Å²) >= 11 is 5.33. The van der Waals surface area contributed by atoms with Crippen LogP contribution in [0.4, 0.5) is 0 Å². The van der Waals surface area contributed by atoms with Crippen molar-refractivity contribution in [2.45, 2.75) is 17.9 Å². The van der Waals surface area contributed by atoms with Gasteiger partial charge in [0, 0.05) is 28.3 Å². The van der Waals surface area contributed by atoms with Crippen LogP contribution in [0, 0.1) is 0 Å². The molecule has 1 aromatic carbocycles. The van der Waals surface area contributed by atoms with Crippen LogP contribution in [0.25, 0.3) is 0 Å². The first-order valence-corrected chi connectivity index (χ1v) is 6.72. The summed E-state index contributed by atoms with van der Waals surface area (Å²) in [6, 6.07) is 6.39. The van der Waals surface area contributed by atoms with Crippen LogP contribution in [0.2, 0.25) is 0 Å². The molecular formula is C11H16BrNOS. The second kappa shape index (κ2) is 7.28. The van der Waals surface area contributed by atoms with E-state index in [1.165, 1.54) is 10.5 Å². The van der Waals surface area contributed by atoms with Crippen molar-refractivity contribution in [3.05, 3.63) is 28.2 Å². The molecule has 0 aliphatic rings. The fraction of sp³-hybridized carbons (Fsp3) is 0.455. The van der Waals surface area contributed by atoms with Crippen LogP contribution >= 0.6 is 27.7 Å². The van der Waals surface area contributed by atoms with Gasteiger partial charge < -0.3 is 10.4 Å². The number of aliphatic hydroxyl groups is 1. The van der Waals surface area contributed by atoms with Crippen molar-refractivity contribution >= 4 is 27.7 Å². The Bertz CT molecular complexity index is 307. The molecule has 0 atom stereocenters. The number of halogens is 1. The molecule has 0 fully saturated rings. The Labute approximate surface area is 104 Å². The van der Waals surface area contributed by atoms with Crippen LogP contribution in [0.15, 0.2) is 27.6 Å². The number of hydrogen-bond donors (Lipinski definition) is 2. The molecule has 0 heterocycles. The molecular weight excluding hydrogens is 274 g/mol. The number of rotatable bonds is 6. The lowest BCUT2D eigenvalue weighted by molar-refractivity contribution is 0.296. The van der Waals surface area contributed by atoms with Crippen molar-refractivity contribution < 1.29 is 5.11 Å². The SMILES string of the molecule is CNCc1ccc(SCCCO)c(Br)c1. The zero-order chi connectivity index (χ0) is 11.1. The maximum Gasteiger partial charge on any atom is 0.0439 e. The molecule has 0 aromatic heterocycles. The third kappa shape index (κ3) is 4.55. The molecule has 0 radical (unpaired) electrons. The van der Waals surface area contributed by atoms with Crippen LogP contribution in [0.3, 0.4) is 0 Å². The van der Waals surface area contributed by atoms with Crippen molar-refractivity contribution in [2.24, 2.45) is 0 Å². The average Bonchev–Trinajstić information content (AvgIpc) is 2.22. The van der Waals surface area contributed by atoms with Gasteiger partial charge in [0.05, 0.1) is 0 Å². The second-order valence-corrected chi connectivity index (χ2v) is 5.21. The predicted octanol–water partition coefficient (Wildman–Crippen LogP) is 2.64. The first kappa shape index (κ1) is 13.0. The maximum absolute atomic E-state index is 8.69. The van der Waals surface area contributed by atoms with E-state index in [9.17, 15) is 0 Å². The number of nitrogens with one attached hydrogen (secondary N) is 1. The van der Waals surface area contributed by atoms with Gasteiger partial charge in [-0.05, 0) is 47.1 Å². The van der Waals surface area contributed by atoms with Crippen molar-refractivity contribution in [1.82, 2.24) is 5.32 Å². The maximum atomic E-state index is 8.69. The normalized spacial score (nSPS) is 10.6. The lowest BCUT2D eigenvalue weighted by Gasteiger charge is -2.06. The van der Waals surface area contributed by atoms with E-state index in [0.717, 1.165) is 23.2 Å². The molecule has 0 saturated heterocycles. The Kier molecular flexibility index (Phi) is 6.32. The Morgan fingerprint density at radius 2 is 2.27 bits per heavy atom. The first-order chi connectivity index (χ1) is 7.27. The third-order valence-electron chi connectivity index (χ3n) is 1.94. The van der Waals surface area contributed by atoms with Crippen LogP contribution in [-0.4, -0.2) is 24.5 Å². The lowest BCUT2D eigenvalue weighted by atomic mass is 10.2. The molecule has 2 N–H and O–H groups in total. The van der Waals surface area contributed by atoms with Gasteiger partial charge in [-0.1, -0.05) is 6.07 Å². The van der Waals surface area contributed by atoms with Gasteiger partial charge in [0.1, 0.15) is 0 Å². The molecule has 0 spiro atoms. The van der Waals surface area contributed by atoms with E-state index in [4.69, 9.17) is 5.11 Å². The molecule has 15 heavy (non-hydrogen) atoms. The van der Waals surface area contributed by atoms with Gasteiger partial charge in [-0.3, -0.25) is 0 Å². The molecule has 0 aliphatic carbocycles. The highest BCUT2D eigenvalue weighted by molar-refractivity contribution is 9.10. The number of hydrogen-bond acceptors (Lipinski definition) is 3. The summed E-state index contributed by atoms with van der Waals surface area (Å²) in [7, 11) is 1.94. The quantitative estimate of drug-likeness (QED) is 0.624. The van der Waals surface area contributed by atoms with E-state index in [2.05, 4.69) is 39.4 Å². The fourth-order valence-electron chi connectivity index (χ4n) is 1.22. The molecule has 0 amide bonds. The second-order valence-electron chi connectivity index (χ2n) is 3.22. The van der Waals surface area contributed by atoms with Gasteiger partial charge in [0.2, 0.25) is 0 Å². The van der Waals surface area contributed by atoms with Crippen LogP contribution in [0.1, 0.15) is 12.0 Å². The average molecular weight is 290 g/mol. The monoisotopic (exact) mass is 289 g/mol. The smallest absolute Gasteiger partial charge is 0.0439 e. The molecule has 0 bridgehead atoms. The van der Waals surface area contributed by atoms with Gasteiger partial charge in [0.15, 0.2) is 0 Å². The first-order valence-electron chi connectivity index (χ1n) is 4.94. The summed E-state index contributed by atoms with van der Waals surface area (Å²) in [6.07, 6.45) is 0.843. The summed E-state index contributed by atoms with van der Waals surface area (Å²) in [5, 5.41) is 11.8. The zero-order valence-electron chi connectivity index (χ0n) is 8.79. The summed E-state index contributed by atoms with van der Waals surface area (Å²) < 4.78 is 1.14. The van der Waals surface area contributed by atoms with E-state index < -0.39 is 0 Å². The Balaban J connectivity index is 2.58. The van der Waals surface area contributed by atoms with E-state index in [-0.39, 0.29) is 6.61 Å². The van der Waals surface area contributed by atoms with Gasteiger partial charge in [-0.2, -0.15) is 0 Å². The largest absolute Gasteiger partial charge is 0.396 e. The fourth-order valence-corrected chi connectivity index (χ4v) is 2.85. The Morgan fingerprint density at radius 1 is 1.47 bits per heavy atom. The van der Waals surface area contributed by atoms with Crippen molar-refractivity contribution in [2.75, 3.05) is 19.4 Å². The topological polar surface area (TPSA) is 32.3 Å². The summed E-state index contributed by atoms with van der Waals surface area (Å²) in [4.78, 5) is 1.24. The predicted molar refractivity (Wildman–Crippen MR) is 69.3 cm³/mol. The lowest BCUT2D eigenvalue weighted by Crippen LogP contribution is -2.04.